The van der Waals surface area contributed by atoms with E-state index in [9.17, 15) is 18.4 Å². The van der Waals surface area contributed by atoms with E-state index in [1.807, 2.05) is 0 Å². The molecular weight excluding hydrogens is 470 g/mol. The molecule has 12 heteroatoms. The highest BCUT2D eigenvalue weighted by Gasteiger charge is 2.25. The molecule has 0 aliphatic rings. The van der Waals surface area contributed by atoms with Crippen LogP contribution in [0.2, 0.25) is 0 Å². The van der Waals surface area contributed by atoms with Gasteiger partial charge in [-0.1, -0.05) is 0 Å². The zero-order valence-electron chi connectivity index (χ0n) is 14.6. The molecule has 8 nitrogen and oxygen atoms in total. The quantitative estimate of drug-likeness (QED) is 0.461. The average Bonchev–Trinajstić information content (AvgIpc) is 3.20. The van der Waals surface area contributed by atoms with Gasteiger partial charge in [0, 0.05) is 17.8 Å². The van der Waals surface area contributed by atoms with Gasteiger partial charge in [-0.3, -0.25) is 9.59 Å². The molecule has 0 radical (unpaired) electrons. The lowest BCUT2D eigenvalue weighted by molar-refractivity contribution is 0.100. The van der Waals surface area contributed by atoms with Crippen molar-refractivity contribution in [1.82, 2.24) is 19.6 Å². The van der Waals surface area contributed by atoms with Gasteiger partial charge in [-0.15, -0.1) is 11.3 Å². The third-order valence-corrected chi connectivity index (χ3v) is 5.95. The van der Waals surface area contributed by atoms with E-state index in [0.29, 0.717) is 21.1 Å². The van der Waals surface area contributed by atoms with Gasteiger partial charge in [0.25, 0.3) is 18.2 Å². The van der Waals surface area contributed by atoms with E-state index in [1.54, 1.807) is 25.4 Å². The third kappa shape index (κ3) is 3.23. The van der Waals surface area contributed by atoms with Crippen LogP contribution in [0.3, 0.4) is 0 Å². The Balaban J connectivity index is 1.84. The number of rotatable bonds is 4. The highest BCUT2D eigenvalue weighted by molar-refractivity contribution is 9.10. The molecule has 0 bridgehead atoms. The number of carbonyl (C=O) groups is 2. The second-order valence-electron chi connectivity index (χ2n) is 6.02. The minimum atomic E-state index is -2.77. The van der Waals surface area contributed by atoms with Crippen molar-refractivity contribution in [3.8, 4) is 0 Å². The minimum absolute atomic E-state index is 0.00776. The molecule has 4 aromatic heterocycles. The van der Waals surface area contributed by atoms with E-state index in [2.05, 4.69) is 36.3 Å². The van der Waals surface area contributed by atoms with Gasteiger partial charge in [0.15, 0.2) is 11.3 Å². The van der Waals surface area contributed by atoms with Crippen LogP contribution < -0.4 is 11.1 Å². The topological polar surface area (TPSA) is 115 Å². The number of carbonyl (C=O) groups excluding carboxylic acids is 2. The second kappa shape index (κ2) is 7.12. The van der Waals surface area contributed by atoms with E-state index in [4.69, 9.17) is 5.73 Å². The van der Waals surface area contributed by atoms with Crippen LogP contribution in [0.15, 0.2) is 29.0 Å². The lowest BCUT2D eigenvalue weighted by Gasteiger charge is -2.07. The third-order valence-electron chi connectivity index (χ3n) is 4.12. The van der Waals surface area contributed by atoms with E-state index < -0.39 is 23.9 Å². The molecule has 4 aromatic rings. The highest BCUT2D eigenvalue weighted by atomic mass is 79.9. The highest BCUT2D eigenvalue weighted by Crippen LogP contribution is 2.38. The molecule has 148 valence electrons. The minimum Gasteiger partial charge on any atom is -0.365 e. The fourth-order valence-corrected chi connectivity index (χ4v) is 4.50. The van der Waals surface area contributed by atoms with Gasteiger partial charge in [0.2, 0.25) is 0 Å². The first-order valence-corrected chi connectivity index (χ1v) is 9.71. The second-order valence-corrected chi connectivity index (χ2v) is 7.81. The Morgan fingerprint density at radius 1 is 1.38 bits per heavy atom. The monoisotopic (exact) mass is 480 g/mol. The van der Waals surface area contributed by atoms with Crippen molar-refractivity contribution in [2.45, 2.75) is 13.3 Å². The Hall–Kier alpha value is -2.99. The van der Waals surface area contributed by atoms with Crippen molar-refractivity contribution in [3.05, 3.63) is 50.8 Å². The number of hydrogen-bond donors (Lipinski definition) is 2. The fraction of sp³-hybridized carbons (Fsp3) is 0.118. The van der Waals surface area contributed by atoms with Crippen molar-refractivity contribution >= 4 is 60.6 Å². The molecule has 0 aromatic carbocycles. The number of primary amides is 1. The predicted molar refractivity (Wildman–Crippen MR) is 106 cm³/mol. The smallest absolute Gasteiger partial charge is 0.280 e. The number of thiophene rings is 1. The van der Waals surface area contributed by atoms with Gasteiger partial charge in [-0.05, 0) is 40.5 Å². The molecule has 0 saturated carbocycles. The number of nitrogens with zero attached hydrogens (tertiary/aromatic N) is 4. The summed E-state index contributed by atoms with van der Waals surface area (Å²) in [5.74, 6) is -1.43. The number of hydrogen-bond acceptors (Lipinski definition) is 6. The first kappa shape index (κ1) is 19.3. The number of alkyl halides is 2. The number of amides is 2. The molecule has 0 fully saturated rings. The van der Waals surface area contributed by atoms with Crippen molar-refractivity contribution in [3.63, 3.8) is 0 Å². The van der Waals surface area contributed by atoms with Crippen LogP contribution in [0.5, 0.6) is 0 Å². The van der Waals surface area contributed by atoms with Gasteiger partial charge in [-0.25, -0.2) is 23.3 Å². The zero-order chi connectivity index (χ0) is 20.9. The number of halogens is 3. The first-order valence-electron chi connectivity index (χ1n) is 8.10. The van der Waals surface area contributed by atoms with Crippen molar-refractivity contribution in [1.29, 1.82) is 0 Å². The van der Waals surface area contributed by atoms with E-state index in [1.165, 1.54) is 10.6 Å². The normalized spacial score (nSPS) is 11.5. The number of nitrogens with one attached hydrogen (secondary N) is 1. The summed E-state index contributed by atoms with van der Waals surface area (Å²) in [5.41, 5.74) is 6.03. The Bertz CT molecular complexity index is 1300. The molecule has 0 spiro atoms. The maximum absolute atomic E-state index is 13.1. The van der Waals surface area contributed by atoms with Gasteiger partial charge >= 0.3 is 0 Å². The molecule has 0 aliphatic heterocycles. The van der Waals surface area contributed by atoms with E-state index in [-0.39, 0.29) is 21.1 Å². The molecule has 4 rings (SSSR count). The number of aromatic nitrogens is 4. The molecule has 0 aliphatic carbocycles. The fourth-order valence-electron chi connectivity index (χ4n) is 2.89. The molecule has 3 N–H and O–H groups in total. The Morgan fingerprint density at radius 2 is 2.14 bits per heavy atom. The Labute approximate surface area is 173 Å². The standard InChI is InChI=1S/C17H11BrF2N6O2S/c1-6-5-7(13(19)20)23-17-8(6)10(12(29-17)14(21)27)24-16(28)11-9(18)15-22-3-2-4-26(15)25-11/h2-5,13H,1H3,(H2,21,27)(H,24,28). The predicted octanol–water partition coefficient (Wildman–Crippen LogP) is 3.70. The van der Waals surface area contributed by atoms with Crippen LogP contribution in [0.25, 0.3) is 15.9 Å². The van der Waals surface area contributed by atoms with Crippen LogP contribution in [-0.2, 0) is 0 Å². The molecule has 0 unspecified atom stereocenters. The van der Waals surface area contributed by atoms with Crippen LogP contribution in [0.4, 0.5) is 14.5 Å². The van der Waals surface area contributed by atoms with Crippen molar-refractivity contribution < 1.29 is 18.4 Å². The van der Waals surface area contributed by atoms with Crippen LogP contribution in [0.1, 0.15) is 37.8 Å². The number of aryl methyl sites for hydroxylation is 1. The van der Waals surface area contributed by atoms with E-state index in [0.717, 1.165) is 11.3 Å². The molecule has 4 heterocycles. The number of fused-ring (bicyclic) bond motifs is 2. The lowest BCUT2D eigenvalue weighted by atomic mass is 10.1. The lowest BCUT2D eigenvalue weighted by Crippen LogP contribution is -2.17. The number of pyridine rings is 1. The zero-order valence-corrected chi connectivity index (χ0v) is 17.0. The van der Waals surface area contributed by atoms with Crippen LogP contribution >= 0.6 is 27.3 Å². The molecule has 29 heavy (non-hydrogen) atoms. The molecule has 2 amide bonds. The Kier molecular flexibility index (Phi) is 4.74. The molecule has 0 atom stereocenters. The van der Waals surface area contributed by atoms with Crippen LogP contribution in [0, 0.1) is 6.92 Å². The maximum Gasteiger partial charge on any atom is 0.280 e. The summed E-state index contributed by atoms with van der Waals surface area (Å²) in [6, 6.07) is 2.87. The van der Waals surface area contributed by atoms with Crippen molar-refractivity contribution in [2.75, 3.05) is 5.32 Å². The number of anilines is 1. The summed E-state index contributed by atoms with van der Waals surface area (Å²) in [5, 5.41) is 7.18. The first-order chi connectivity index (χ1) is 13.8. The summed E-state index contributed by atoms with van der Waals surface area (Å²) in [4.78, 5) is 33.0. The largest absolute Gasteiger partial charge is 0.365 e. The van der Waals surface area contributed by atoms with Gasteiger partial charge in [-0.2, -0.15) is 5.10 Å². The summed E-state index contributed by atoms with van der Waals surface area (Å²) in [7, 11) is 0. The summed E-state index contributed by atoms with van der Waals surface area (Å²) >= 11 is 4.14. The summed E-state index contributed by atoms with van der Waals surface area (Å²) in [6.45, 7) is 1.59. The SMILES string of the molecule is Cc1cc(C(F)F)nc2sc(C(N)=O)c(NC(=O)c3nn4cccnc4c3Br)c12. The summed E-state index contributed by atoms with van der Waals surface area (Å²) in [6.07, 6.45) is 0.409. The maximum atomic E-state index is 13.1. The average molecular weight is 481 g/mol. The molecular formula is C17H11BrF2N6O2S. The number of nitrogens with two attached hydrogens (primary N) is 1. The van der Waals surface area contributed by atoms with Gasteiger partial charge < -0.3 is 11.1 Å². The summed E-state index contributed by atoms with van der Waals surface area (Å²) < 4.78 is 27.9. The van der Waals surface area contributed by atoms with Crippen LogP contribution in [-0.4, -0.2) is 31.4 Å². The van der Waals surface area contributed by atoms with Gasteiger partial charge in [0.1, 0.15) is 15.4 Å². The van der Waals surface area contributed by atoms with Gasteiger partial charge in [0.05, 0.1) is 10.2 Å². The van der Waals surface area contributed by atoms with E-state index >= 15 is 0 Å². The van der Waals surface area contributed by atoms with Crippen molar-refractivity contribution in [2.24, 2.45) is 5.73 Å². The Morgan fingerprint density at radius 3 is 2.79 bits per heavy atom. The molecule has 0 saturated heterocycles.